The van der Waals surface area contributed by atoms with Gasteiger partial charge < -0.3 is 5.32 Å². The molecule has 1 aliphatic heterocycles. The summed E-state index contributed by atoms with van der Waals surface area (Å²) in [5, 5.41) is 2.18. The van der Waals surface area contributed by atoms with Gasteiger partial charge in [-0.25, -0.2) is 4.39 Å². The maximum Gasteiger partial charge on any atom is 0.248 e. The van der Waals surface area contributed by atoms with Crippen molar-refractivity contribution in [1.82, 2.24) is 10.9 Å². The summed E-state index contributed by atoms with van der Waals surface area (Å²) in [7, 11) is 0. The van der Waals surface area contributed by atoms with Crippen LogP contribution in [-0.2, 0) is 14.4 Å². The normalized spacial score (nSPS) is 15.4. The van der Waals surface area contributed by atoms with Gasteiger partial charge in [-0.15, -0.1) is 23.5 Å². The van der Waals surface area contributed by atoms with Crippen LogP contribution in [0.15, 0.2) is 58.3 Å². The molecule has 0 unspecified atom stereocenters. The summed E-state index contributed by atoms with van der Waals surface area (Å²) in [5.41, 5.74) is 5.28. The van der Waals surface area contributed by atoms with Gasteiger partial charge in [0.05, 0.1) is 16.7 Å². The molecule has 27 heavy (non-hydrogen) atoms. The van der Waals surface area contributed by atoms with Crippen molar-refractivity contribution in [2.24, 2.45) is 0 Å². The number of fused-ring (bicyclic) bond motifs is 1. The first-order valence-corrected chi connectivity index (χ1v) is 9.91. The van der Waals surface area contributed by atoms with Crippen LogP contribution in [0.2, 0.25) is 0 Å². The van der Waals surface area contributed by atoms with Crippen LogP contribution >= 0.6 is 23.5 Å². The Labute approximate surface area is 163 Å². The number of benzene rings is 2. The number of carbonyl (C=O) groups is 3. The molecule has 0 bridgehead atoms. The number of nitrogens with one attached hydrogen (secondary N) is 3. The lowest BCUT2D eigenvalue weighted by Crippen LogP contribution is -2.44. The topological polar surface area (TPSA) is 87.3 Å². The lowest BCUT2D eigenvalue weighted by Gasteiger charge is -2.23. The average Bonchev–Trinajstić information content (AvgIpc) is 2.66. The average molecular weight is 405 g/mol. The molecule has 1 atom stereocenters. The zero-order valence-electron chi connectivity index (χ0n) is 14.0. The van der Waals surface area contributed by atoms with Gasteiger partial charge in [-0.2, -0.15) is 0 Å². The molecule has 9 heteroatoms. The van der Waals surface area contributed by atoms with Crippen molar-refractivity contribution < 1.29 is 18.8 Å². The van der Waals surface area contributed by atoms with Crippen LogP contribution in [0.3, 0.4) is 0 Å². The van der Waals surface area contributed by atoms with Gasteiger partial charge in [-0.1, -0.05) is 24.3 Å². The summed E-state index contributed by atoms with van der Waals surface area (Å²) in [6, 6.07) is 13.5. The van der Waals surface area contributed by atoms with E-state index in [2.05, 4.69) is 16.2 Å². The van der Waals surface area contributed by atoms with Gasteiger partial charge in [0.2, 0.25) is 17.7 Å². The molecule has 6 nitrogen and oxygen atoms in total. The van der Waals surface area contributed by atoms with Gasteiger partial charge in [0, 0.05) is 16.2 Å². The fraction of sp³-hybridized carbons (Fsp3) is 0.167. The predicted octanol–water partition coefficient (Wildman–Crippen LogP) is 2.57. The van der Waals surface area contributed by atoms with E-state index >= 15 is 0 Å². The molecule has 1 heterocycles. The molecule has 3 N–H and O–H groups in total. The molecule has 0 aliphatic carbocycles. The number of thioether (sulfide) groups is 2. The summed E-state index contributed by atoms with van der Waals surface area (Å²) in [5.74, 6) is -1.66. The maximum absolute atomic E-state index is 13.5. The maximum atomic E-state index is 13.5. The molecule has 1 aliphatic rings. The van der Waals surface area contributed by atoms with E-state index in [-0.39, 0.29) is 18.1 Å². The zero-order chi connectivity index (χ0) is 19.2. The molecular formula is C18H16FN3O3S2. The number of hydrogen-bond donors (Lipinski definition) is 3. The first-order valence-electron chi connectivity index (χ1n) is 8.04. The van der Waals surface area contributed by atoms with Crippen LogP contribution in [-0.4, -0.2) is 28.7 Å². The minimum Gasteiger partial charge on any atom is -0.324 e. The second kappa shape index (κ2) is 8.92. The molecule has 0 saturated carbocycles. The molecule has 2 aromatic rings. The number of anilines is 1. The number of rotatable bonds is 5. The molecule has 0 saturated heterocycles. The highest BCUT2D eigenvalue weighted by molar-refractivity contribution is 8.01. The Morgan fingerprint density at radius 2 is 1.78 bits per heavy atom. The Kier molecular flexibility index (Phi) is 6.36. The lowest BCUT2D eigenvalue weighted by molar-refractivity contribution is -0.128. The lowest BCUT2D eigenvalue weighted by atomic mass is 10.2. The monoisotopic (exact) mass is 405 g/mol. The Balaban J connectivity index is 1.44. The fourth-order valence-corrected chi connectivity index (χ4v) is 4.18. The number of amides is 3. The van der Waals surface area contributed by atoms with E-state index in [9.17, 15) is 18.8 Å². The summed E-state index contributed by atoms with van der Waals surface area (Å²) in [6.45, 7) is 0. The van der Waals surface area contributed by atoms with E-state index in [1.54, 1.807) is 24.3 Å². The van der Waals surface area contributed by atoms with Crippen molar-refractivity contribution in [1.29, 1.82) is 0 Å². The number of hydrazine groups is 1. The standard InChI is InChI=1S/C18H16FN3O3S2/c19-11-5-1-3-7-13(11)26-10-17(24)22-21-16(23)9-15-18(25)20-12-6-2-4-8-14(12)27-15/h1-8,15H,9-10H2,(H,20,25)(H,21,23)(H,22,24)/t15-/m0/s1. The molecular weight excluding hydrogens is 389 g/mol. The van der Waals surface area contributed by atoms with Crippen molar-refractivity contribution in [3.63, 3.8) is 0 Å². The third-order valence-corrected chi connectivity index (χ3v) is 5.94. The van der Waals surface area contributed by atoms with Crippen molar-refractivity contribution in [3.8, 4) is 0 Å². The minimum atomic E-state index is -0.579. The van der Waals surface area contributed by atoms with Crippen LogP contribution in [0.1, 0.15) is 6.42 Å². The van der Waals surface area contributed by atoms with Crippen LogP contribution in [0, 0.1) is 5.82 Å². The highest BCUT2D eigenvalue weighted by Crippen LogP contribution is 2.36. The Bertz CT molecular complexity index is 878. The van der Waals surface area contributed by atoms with E-state index < -0.39 is 22.9 Å². The van der Waals surface area contributed by atoms with Crippen molar-refractivity contribution in [2.75, 3.05) is 11.1 Å². The van der Waals surface area contributed by atoms with E-state index in [0.29, 0.717) is 4.90 Å². The van der Waals surface area contributed by atoms with E-state index in [0.717, 1.165) is 22.3 Å². The van der Waals surface area contributed by atoms with Crippen molar-refractivity contribution in [3.05, 3.63) is 54.3 Å². The Morgan fingerprint density at radius 3 is 2.59 bits per heavy atom. The smallest absolute Gasteiger partial charge is 0.248 e. The van der Waals surface area contributed by atoms with E-state index in [1.807, 2.05) is 18.2 Å². The highest BCUT2D eigenvalue weighted by Gasteiger charge is 2.28. The molecule has 3 amide bonds. The zero-order valence-corrected chi connectivity index (χ0v) is 15.7. The molecule has 0 spiro atoms. The summed E-state index contributed by atoms with van der Waals surface area (Å²) >= 11 is 2.33. The van der Waals surface area contributed by atoms with Gasteiger partial charge in [-0.3, -0.25) is 25.2 Å². The molecule has 2 aromatic carbocycles. The largest absolute Gasteiger partial charge is 0.324 e. The first kappa shape index (κ1) is 19.2. The second-order valence-electron chi connectivity index (χ2n) is 5.61. The summed E-state index contributed by atoms with van der Waals surface area (Å²) in [4.78, 5) is 37.1. The SMILES string of the molecule is O=C(CSc1ccccc1F)NNC(=O)C[C@@H]1Sc2ccccc2NC1=O. The van der Waals surface area contributed by atoms with Crippen LogP contribution in [0.25, 0.3) is 0 Å². The highest BCUT2D eigenvalue weighted by atomic mass is 32.2. The van der Waals surface area contributed by atoms with Gasteiger partial charge in [0.15, 0.2) is 0 Å². The number of para-hydroxylation sites is 1. The van der Waals surface area contributed by atoms with Crippen molar-refractivity contribution >= 4 is 46.9 Å². The molecule has 0 radical (unpaired) electrons. The second-order valence-corrected chi connectivity index (χ2v) is 7.87. The number of halogens is 1. The minimum absolute atomic E-state index is 0.0484. The van der Waals surface area contributed by atoms with E-state index in [4.69, 9.17) is 0 Å². The van der Waals surface area contributed by atoms with Gasteiger partial charge >= 0.3 is 0 Å². The molecule has 0 aromatic heterocycles. The number of hydrogen-bond acceptors (Lipinski definition) is 5. The number of carbonyl (C=O) groups excluding carboxylic acids is 3. The molecule has 140 valence electrons. The van der Waals surface area contributed by atoms with Gasteiger partial charge in [0.25, 0.3) is 0 Å². The van der Waals surface area contributed by atoms with Crippen molar-refractivity contribution in [2.45, 2.75) is 21.5 Å². The van der Waals surface area contributed by atoms with Crippen LogP contribution in [0.4, 0.5) is 10.1 Å². The summed E-state index contributed by atoms with van der Waals surface area (Å²) < 4.78 is 13.5. The fourth-order valence-electron chi connectivity index (χ4n) is 2.33. The van der Waals surface area contributed by atoms with Gasteiger partial charge in [-0.05, 0) is 24.3 Å². The van der Waals surface area contributed by atoms with Crippen LogP contribution < -0.4 is 16.2 Å². The van der Waals surface area contributed by atoms with E-state index in [1.165, 1.54) is 17.8 Å². The first-order chi connectivity index (χ1) is 13.0. The van der Waals surface area contributed by atoms with Gasteiger partial charge in [0.1, 0.15) is 5.82 Å². The quantitative estimate of drug-likeness (QED) is 0.526. The third kappa shape index (κ3) is 5.24. The predicted molar refractivity (Wildman–Crippen MR) is 103 cm³/mol. The summed E-state index contributed by atoms with van der Waals surface area (Å²) in [6.07, 6.45) is -0.0778. The molecule has 0 fully saturated rings. The molecule has 3 rings (SSSR count). The Hall–Kier alpha value is -2.52. The van der Waals surface area contributed by atoms with Crippen LogP contribution in [0.5, 0.6) is 0 Å². The third-order valence-electron chi connectivity index (χ3n) is 3.61. The Morgan fingerprint density at radius 1 is 1.07 bits per heavy atom.